The Hall–Kier alpha value is -1.43. The van der Waals surface area contributed by atoms with Crippen molar-refractivity contribution < 1.29 is 19.1 Å². The van der Waals surface area contributed by atoms with Crippen LogP contribution in [0, 0.1) is 5.92 Å². The second-order valence-electron chi connectivity index (χ2n) is 7.20. The van der Waals surface area contributed by atoms with Crippen LogP contribution in [0.3, 0.4) is 0 Å². The maximum absolute atomic E-state index is 12.9. The van der Waals surface area contributed by atoms with E-state index in [1.54, 1.807) is 6.92 Å². The van der Waals surface area contributed by atoms with Gasteiger partial charge < -0.3 is 4.74 Å². The van der Waals surface area contributed by atoms with Crippen molar-refractivity contribution in [2.45, 2.75) is 70.4 Å². The molecule has 6 nitrogen and oxygen atoms in total. The summed E-state index contributed by atoms with van der Waals surface area (Å²) in [7, 11) is 0. The summed E-state index contributed by atoms with van der Waals surface area (Å²) in [4.78, 5) is 40.9. The summed E-state index contributed by atoms with van der Waals surface area (Å²) in [6.07, 6.45) is 7.21. The van der Waals surface area contributed by atoms with Crippen LogP contribution in [-0.2, 0) is 19.1 Å². The molecule has 3 fully saturated rings. The predicted molar refractivity (Wildman–Crippen MR) is 88.1 cm³/mol. The predicted octanol–water partition coefficient (Wildman–Crippen LogP) is 1.72. The van der Waals surface area contributed by atoms with Crippen molar-refractivity contribution in [3.63, 3.8) is 0 Å². The van der Waals surface area contributed by atoms with E-state index in [2.05, 4.69) is 0 Å². The Bertz CT molecular complexity index is 501. The number of carbonyl (C=O) groups excluding carboxylic acids is 3. The first-order valence-corrected chi connectivity index (χ1v) is 9.38. The van der Waals surface area contributed by atoms with Crippen LogP contribution in [0.1, 0.15) is 58.3 Å². The monoisotopic (exact) mass is 336 g/mol. The number of esters is 1. The van der Waals surface area contributed by atoms with E-state index in [0.717, 1.165) is 45.1 Å². The van der Waals surface area contributed by atoms with E-state index in [9.17, 15) is 14.4 Å². The van der Waals surface area contributed by atoms with Gasteiger partial charge in [-0.25, -0.2) is 0 Å². The summed E-state index contributed by atoms with van der Waals surface area (Å²) in [6.45, 7) is 3.49. The fourth-order valence-corrected chi connectivity index (χ4v) is 4.38. The topological polar surface area (TPSA) is 66.9 Å². The number of amides is 2. The van der Waals surface area contributed by atoms with Gasteiger partial charge in [-0.1, -0.05) is 19.3 Å². The Morgan fingerprint density at radius 2 is 1.88 bits per heavy atom. The zero-order valence-corrected chi connectivity index (χ0v) is 14.5. The largest absolute Gasteiger partial charge is 0.466 e. The molecule has 0 aromatic heterocycles. The number of rotatable bonds is 4. The van der Waals surface area contributed by atoms with E-state index in [4.69, 9.17) is 4.74 Å². The molecule has 0 aromatic carbocycles. The number of carbonyl (C=O) groups is 3. The molecule has 2 amide bonds. The summed E-state index contributed by atoms with van der Waals surface area (Å²) in [5.41, 5.74) is 0. The standard InChI is InChI=1S/C18H28N2O4/c1-2-24-18(23)13-7-6-10-19(12-13)15-11-16(21)20(17(15)22)14-8-4-3-5-9-14/h13-15H,2-12H2,1H3/t13-,15-/m0/s1. The molecule has 0 aromatic rings. The molecule has 0 spiro atoms. The molecule has 0 N–H and O–H groups in total. The van der Waals surface area contributed by atoms with Crippen molar-refractivity contribution in [3.8, 4) is 0 Å². The average Bonchev–Trinajstić information content (AvgIpc) is 2.90. The highest BCUT2D eigenvalue weighted by molar-refractivity contribution is 6.05. The Balaban J connectivity index is 1.65. The number of nitrogens with zero attached hydrogens (tertiary/aromatic N) is 2. The summed E-state index contributed by atoms with van der Waals surface area (Å²) in [6, 6.07) is -0.286. The first kappa shape index (κ1) is 17.4. The van der Waals surface area contributed by atoms with Gasteiger partial charge in [-0.05, 0) is 39.2 Å². The molecular weight excluding hydrogens is 308 g/mol. The van der Waals surface area contributed by atoms with Gasteiger partial charge in [0.25, 0.3) is 0 Å². The highest BCUT2D eigenvalue weighted by atomic mass is 16.5. The number of likely N-dealkylation sites (tertiary alicyclic amines) is 2. The minimum atomic E-state index is -0.378. The first-order valence-electron chi connectivity index (χ1n) is 9.38. The minimum Gasteiger partial charge on any atom is -0.466 e. The van der Waals surface area contributed by atoms with Crippen LogP contribution >= 0.6 is 0 Å². The number of imide groups is 1. The molecule has 2 aliphatic heterocycles. The maximum Gasteiger partial charge on any atom is 0.310 e. The van der Waals surface area contributed by atoms with Crippen LogP contribution < -0.4 is 0 Å². The maximum atomic E-state index is 12.9. The van der Waals surface area contributed by atoms with E-state index in [0.29, 0.717) is 13.2 Å². The van der Waals surface area contributed by atoms with Gasteiger partial charge in [0.15, 0.2) is 0 Å². The normalized spacial score (nSPS) is 30.0. The molecule has 6 heteroatoms. The molecule has 24 heavy (non-hydrogen) atoms. The molecule has 1 saturated carbocycles. The molecule has 0 unspecified atom stereocenters. The number of ether oxygens (including phenoxy) is 1. The van der Waals surface area contributed by atoms with Crippen LogP contribution in [0.2, 0.25) is 0 Å². The number of hydrogen-bond donors (Lipinski definition) is 0. The molecule has 2 atom stereocenters. The Kier molecular flexibility index (Phi) is 5.54. The zero-order chi connectivity index (χ0) is 17.1. The smallest absolute Gasteiger partial charge is 0.310 e. The Labute approximate surface area is 143 Å². The fourth-order valence-electron chi connectivity index (χ4n) is 4.38. The molecule has 3 aliphatic rings. The van der Waals surface area contributed by atoms with Crippen molar-refractivity contribution in [1.82, 2.24) is 9.80 Å². The Morgan fingerprint density at radius 3 is 2.58 bits per heavy atom. The third kappa shape index (κ3) is 3.48. The average molecular weight is 336 g/mol. The van der Waals surface area contributed by atoms with Gasteiger partial charge in [-0.2, -0.15) is 0 Å². The highest BCUT2D eigenvalue weighted by Gasteiger charge is 2.46. The molecule has 0 radical (unpaired) electrons. The van der Waals surface area contributed by atoms with Gasteiger partial charge in [0, 0.05) is 12.6 Å². The van der Waals surface area contributed by atoms with Gasteiger partial charge in [-0.3, -0.25) is 24.2 Å². The second-order valence-corrected chi connectivity index (χ2v) is 7.20. The van der Waals surface area contributed by atoms with Gasteiger partial charge in [0.05, 0.1) is 25.0 Å². The van der Waals surface area contributed by atoms with Gasteiger partial charge in [0.1, 0.15) is 0 Å². The highest BCUT2D eigenvalue weighted by Crippen LogP contribution is 2.31. The Morgan fingerprint density at radius 1 is 1.12 bits per heavy atom. The van der Waals surface area contributed by atoms with Crippen LogP contribution in [0.4, 0.5) is 0 Å². The van der Waals surface area contributed by atoms with Gasteiger partial charge in [0.2, 0.25) is 11.8 Å². The molecule has 1 aliphatic carbocycles. The van der Waals surface area contributed by atoms with Crippen molar-refractivity contribution >= 4 is 17.8 Å². The molecule has 134 valence electrons. The van der Waals surface area contributed by atoms with Crippen molar-refractivity contribution in [1.29, 1.82) is 0 Å². The van der Waals surface area contributed by atoms with Crippen molar-refractivity contribution in [2.75, 3.05) is 19.7 Å². The number of hydrogen-bond acceptors (Lipinski definition) is 5. The molecular formula is C18H28N2O4. The van der Waals surface area contributed by atoms with Gasteiger partial charge >= 0.3 is 5.97 Å². The molecule has 0 bridgehead atoms. The zero-order valence-electron chi connectivity index (χ0n) is 14.5. The lowest BCUT2D eigenvalue weighted by atomic mass is 9.94. The third-order valence-electron chi connectivity index (χ3n) is 5.61. The van der Waals surface area contributed by atoms with E-state index in [1.165, 1.54) is 11.3 Å². The molecule has 3 rings (SSSR count). The van der Waals surface area contributed by atoms with Crippen LogP contribution in [-0.4, -0.2) is 59.4 Å². The molecule has 2 heterocycles. The first-order chi connectivity index (χ1) is 11.6. The lowest BCUT2D eigenvalue weighted by Gasteiger charge is -2.35. The van der Waals surface area contributed by atoms with E-state index >= 15 is 0 Å². The van der Waals surface area contributed by atoms with Crippen molar-refractivity contribution in [2.24, 2.45) is 5.92 Å². The second kappa shape index (κ2) is 7.64. The summed E-state index contributed by atoms with van der Waals surface area (Å²) >= 11 is 0. The lowest BCUT2D eigenvalue weighted by molar-refractivity contribution is -0.151. The van der Waals surface area contributed by atoms with Crippen LogP contribution in [0.15, 0.2) is 0 Å². The minimum absolute atomic E-state index is 0.0323. The number of piperidine rings is 1. The van der Waals surface area contributed by atoms with Crippen molar-refractivity contribution in [3.05, 3.63) is 0 Å². The van der Waals surface area contributed by atoms with E-state index in [-0.39, 0.29) is 42.2 Å². The summed E-state index contributed by atoms with van der Waals surface area (Å²) in [5, 5.41) is 0. The van der Waals surface area contributed by atoms with E-state index < -0.39 is 0 Å². The van der Waals surface area contributed by atoms with Crippen LogP contribution in [0.25, 0.3) is 0 Å². The summed E-state index contributed by atoms with van der Waals surface area (Å²) in [5.74, 6) is -0.431. The third-order valence-corrected chi connectivity index (χ3v) is 5.61. The molecule has 2 saturated heterocycles. The fraction of sp³-hybridized carbons (Fsp3) is 0.833. The lowest BCUT2D eigenvalue weighted by Crippen LogP contribution is -2.50. The van der Waals surface area contributed by atoms with E-state index in [1.807, 2.05) is 4.90 Å². The van der Waals surface area contributed by atoms with Crippen LogP contribution in [0.5, 0.6) is 0 Å². The quantitative estimate of drug-likeness (QED) is 0.578. The summed E-state index contributed by atoms with van der Waals surface area (Å²) < 4.78 is 5.13. The van der Waals surface area contributed by atoms with Gasteiger partial charge in [-0.15, -0.1) is 0 Å². The SMILES string of the molecule is CCOC(=O)[C@H]1CCCN([C@H]2CC(=O)N(C3CCCCC3)C2=O)C1.